The molecule has 2 aromatic carbocycles. The van der Waals surface area contributed by atoms with E-state index in [0.717, 1.165) is 50.0 Å². The molecule has 1 saturated heterocycles. The number of carbonyl (C=O) groups is 1. The van der Waals surface area contributed by atoms with E-state index in [1.165, 1.54) is 0 Å². The van der Waals surface area contributed by atoms with Crippen LogP contribution in [0.5, 0.6) is 5.75 Å². The van der Waals surface area contributed by atoms with Crippen LogP contribution in [0.4, 0.5) is 0 Å². The van der Waals surface area contributed by atoms with E-state index >= 15 is 0 Å². The molecule has 2 aliphatic rings. The van der Waals surface area contributed by atoms with Crippen LogP contribution in [0.15, 0.2) is 53.4 Å². The van der Waals surface area contributed by atoms with Gasteiger partial charge in [0.05, 0.1) is 10.9 Å². The number of rotatable bonds is 10. The molecule has 0 bridgehead atoms. The molecule has 2 aliphatic heterocycles. The highest BCUT2D eigenvalue weighted by atomic mass is 32.2. The predicted octanol–water partition coefficient (Wildman–Crippen LogP) is 4.10. The molecule has 7 nitrogen and oxygen atoms in total. The maximum Gasteiger partial charge on any atom is 0.263 e. The van der Waals surface area contributed by atoms with Gasteiger partial charge in [-0.2, -0.15) is 4.31 Å². The van der Waals surface area contributed by atoms with E-state index in [-0.39, 0.29) is 11.9 Å². The number of hydrogen-bond acceptors (Lipinski definition) is 5. The molecule has 1 amide bonds. The van der Waals surface area contributed by atoms with Crippen LogP contribution >= 0.6 is 0 Å². The molecule has 8 heteroatoms. The SMILES string of the molecule is CCCN(CC)CC(c1ccccc1)N(C)C(=O)C1CCc2cc(S(=O)(=O)N3CCCC3)ccc2O1. The Morgan fingerprint density at radius 3 is 2.50 bits per heavy atom. The summed E-state index contributed by atoms with van der Waals surface area (Å²) in [5.41, 5.74) is 1.96. The lowest BCUT2D eigenvalue weighted by atomic mass is 9.99. The molecular formula is C28H39N3O4S. The highest BCUT2D eigenvalue weighted by Gasteiger charge is 2.34. The standard InChI is InChI=1S/C28H39N3O4S/c1-4-17-30(5-2)21-25(22-11-7-6-8-12-22)29(3)28(32)27-15-13-23-20-24(14-16-26(23)35-27)36(33,34)31-18-9-10-19-31/h6-8,11-12,14,16,20,25,27H,4-5,9-10,13,15,17-19,21H2,1-3H3. The fourth-order valence-electron chi connectivity index (χ4n) is 5.22. The number of sulfonamides is 1. The number of ether oxygens (including phenoxy) is 1. The van der Waals surface area contributed by atoms with Crippen molar-refractivity contribution in [2.45, 2.75) is 63.0 Å². The van der Waals surface area contributed by atoms with Crippen LogP contribution < -0.4 is 4.74 Å². The Kier molecular flexibility index (Phi) is 8.70. The molecule has 4 rings (SSSR count). The third kappa shape index (κ3) is 5.76. The Morgan fingerprint density at radius 1 is 1.11 bits per heavy atom. The molecular weight excluding hydrogens is 474 g/mol. The molecule has 2 unspecified atom stereocenters. The average molecular weight is 514 g/mol. The molecule has 0 spiro atoms. The van der Waals surface area contributed by atoms with Gasteiger partial charge in [-0.1, -0.05) is 44.2 Å². The zero-order chi connectivity index (χ0) is 25.7. The van der Waals surface area contributed by atoms with Gasteiger partial charge in [-0.15, -0.1) is 0 Å². The monoisotopic (exact) mass is 513 g/mol. The van der Waals surface area contributed by atoms with Crippen LogP contribution in [0.3, 0.4) is 0 Å². The zero-order valence-electron chi connectivity index (χ0n) is 21.7. The number of fused-ring (bicyclic) bond motifs is 1. The second kappa shape index (κ2) is 11.8. The molecule has 0 saturated carbocycles. The van der Waals surface area contributed by atoms with Crippen LogP contribution in [-0.2, 0) is 21.2 Å². The van der Waals surface area contributed by atoms with Crippen molar-refractivity contribution in [3.63, 3.8) is 0 Å². The minimum atomic E-state index is -3.48. The first-order valence-corrected chi connectivity index (χ1v) is 14.6. The average Bonchev–Trinajstić information content (AvgIpc) is 3.46. The lowest BCUT2D eigenvalue weighted by Gasteiger charge is -2.36. The van der Waals surface area contributed by atoms with Gasteiger partial charge in [-0.25, -0.2) is 8.42 Å². The van der Waals surface area contributed by atoms with Gasteiger partial charge >= 0.3 is 0 Å². The van der Waals surface area contributed by atoms with Gasteiger partial charge in [-0.3, -0.25) is 4.79 Å². The van der Waals surface area contributed by atoms with E-state index in [9.17, 15) is 13.2 Å². The highest BCUT2D eigenvalue weighted by molar-refractivity contribution is 7.89. The number of likely N-dealkylation sites (N-methyl/N-ethyl adjacent to an activating group) is 2. The summed E-state index contributed by atoms with van der Waals surface area (Å²) in [6.07, 6.45) is 3.42. The quantitative estimate of drug-likeness (QED) is 0.479. The van der Waals surface area contributed by atoms with Crippen LogP contribution in [0, 0.1) is 0 Å². The van der Waals surface area contributed by atoms with Crippen molar-refractivity contribution in [2.75, 3.05) is 39.8 Å². The molecule has 1 fully saturated rings. The summed E-state index contributed by atoms with van der Waals surface area (Å²) >= 11 is 0. The van der Waals surface area contributed by atoms with Gasteiger partial charge in [0, 0.05) is 26.7 Å². The molecule has 0 aliphatic carbocycles. The summed E-state index contributed by atoms with van der Waals surface area (Å²) in [5.74, 6) is 0.557. The minimum absolute atomic E-state index is 0.0455. The Balaban J connectivity index is 1.50. The fraction of sp³-hybridized carbons (Fsp3) is 0.536. The van der Waals surface area contributed by atoms with Crippen molar-refractivity contribution in [1.82, 2.24) is 14.1 Å². The second-order valence-corrected chi connectivity index (χ2v) is 11.7. The predicted molar refractivity (Wildman–Crippen MR) is 142 cm³/mol. The molecule has 2 heterocycles. The van der Waals surface area contributed by atoms with Gasteiger partial charge in [0.25, 0.3) is 5.91 Å². The summed E-state index contributed by atoms with van der Waals surface area (Å²) in [5, 5.41) is 0. The third-order valence-corrected chi connectivity index (χ3v) is 9.27. The Hall–Kier alpha value is -2.42. The number of nitrogens with zero attached hydrogens (tertiary/aromatic N) is 3. The van der Waals surface area contributed by atoms with Gasteiger partial charge in [-0.05, 0) is 74.5 Å². The Bertz CT molecular complexity index is 1130. The van der Waals surface area contributed by atoms with Crippen LogP contribution in [0.2, 0.25) is 0 Å². The second-order valence-electron chi connectivity index (χ2n) is 9.79. The van der Waals surface area contributed by atoms with Crippen molar-refractivity contribution in [2.24, 2.45) is 0 Å². The van der Waals surface area contributed by atoms with Crippen LogP contribution in [0.1, 0.15) is 56.7 Å². The number of carbonyl (C=O) groups excluding carboxylic acids is 1. The number of benzene rings is 2. The molecule has 196 valence electrons. The lowest BCUT2D eigenvalue weighted by molar-refractivity contribution is -0.140. The smallest absolute Gasteiger partial charge is 0.263 e. The summed E-state index contributed by atoms with van der Waals surface area (Å²) in [6.45, 7) is 8.15. The van der Waals surface area contributed by atoms with Gasteiger partial charge in [0.1, 0.15) is 5.75 Å². The van der Waals surface area contributed by atoms with Crippen molar-refractivity contribution < 1.29 is 17.9 Å². The fourth-order valence-corrected chi connectivity index (χ4v) is 6.79. The first-order valence-electron chi connectivity index (χ1n) is 13.2. The maximum atomic E-state index is 13.6. The molecule has 0 aromatic heterocycles. The van der Waals surface area contributed by atoms with Crippen molar-refractivity contribution in [1.29, 1.82) is 0 Å². The summed E-state index contributed by atoms with van der Waals surface area (Å²) < 4.78 is 33.7. The van der Waals surface area contributed by atoms with Crippen molar-refractivity contribution in [3.05, 3.63) is 59.7 Å². The normalized spacial score (nSPS) is 19.1. The van der Waals surface area contributed by atoms with Gasteiger partial charge in [0.2, 0.25) is 10.0 Å². The van der Waals surface area contributed by atoms with Crippen molar-refractivity contribution >= 4 is 15.9 Å². The zero-order valence-corrected chi connectivity index (χ0v) is 22.5. The number of amides is 1. The van der Waals surface area contributed by atoms with E-state index in [1.807, 2.05) is 30.1 Å². The first-order chi connectivity index (χ1) is 17.3. The maximum absolute atomic E-state index is 13.6. The molecule has 0 radical (unpaired) electrons. The van der Waals surface area contributed by atoms with E-state index < -0.39 is 16.1 Å². The Labute approximate surface area is 216 Å². The molecule has 2 aromatic rings. The van der Waals surface area contributed by atoms with Crippen LogP contribution in [0.25, 0.3) is 0 Å². The van der Waals surface area contributed by atoms with Crippen molar-refractivity contribution in [3.8, 4) is 5.75 Å². The van der Waals surface area contributed by atoms with Gasteiger partial charge < -0.3 is 14.5 Å². The highest BCUT2D eigenvalue weighted by Crippen LogP contribution is 2.33. The van der Waals surface area contributed by atoms with Gasteiger partial charge in [0.15, 0.2) is 6.10 Å². The topological polar surface area (TPSA) is 70.2 Å². The Morgan fingerprint density at radius 2 is 1.83 bits per heavy atom. The molecule has 0 N–H and O–H groups in total. The van der Waals surface area contributed by atoms with E-state index in [1.54, 1.807) is 22.5 Å². The summed E-state index contributed by atoms with van der Waals surface area (Å²) in [7, 11) is -1.61. The molecule has 36 heavy (non-hydrogen) atoms. The summed E-state index contributed by atoms with van der Waals surface area (Å²) in [6, 6.07) is 15.1. The number of aryl methyl sites for hydroxylation is 1. The molecule has 2 atom stereocenters. The van der Waals surface area contributed by atoms with E-state index in [2.05, 4.69) is 30.9 Å². The number of hydrogen-bond donors (Lipinski definition) is 0. The lowest BCUT2D eigenvalue weighted by Crippen LogP contribution is -2.46. The van der Waals surface area contributed by atoms with Crippen LogP contribution in [-0.4, -0.2) is 74.3 Å². The van der Waals surface area contributed by atoms with E-state index in [0.29, 0.717) is 36.6 Å². The third-order valence-electron chi connectivity index (χ3n) is 7.37. The minimum Gasteiger partial charge on any atom is -0.480 e. The van der Waals surface area contributed by atoms with E-state index in [4.69, 9.17) is 4.74 Å². The largest absolute Gasteiger partial charge is 0.480 e. The summed E-state index contributed by atoms with van der Waals surface area (Å²) in [4.78, 5) is 18.1. The first kappa shape index (κ1) is 26.6.